The molecule has 106 valence electrons. The van der Waals surface area contributed by atoms with Gasteiger partial charge in [-0.2, -0.15) is 5.26 Å². The highest BCUT2D eigenvalue weighted by Crippen LogP contribution is 2.16. The average Bonchev–Trinajstić information content (AvgIpc) is 2.45. The summed E-state index contributed by atoms with van der Waals surface area (Å²) < 4.78 is 4.86. The Labute approximate surface area is 127 Å². The molecule has 1 N–H and O–H groups in total. The van der Waals surface area contributed by atoms with Crippen molar-refractivity contribution in [1.82, 2.24) is 5.32 Å². The van der Waals surface area contributed by atoms with Crippen molar-refractivity contribution in [3.05, 3.63) is 45.5 Å². The van der Waals surface area contributed by atoms with E-state index >= 15 is 0 Å². The van der Waals surface area contributed by atoms with Crippen LogP contribution >= 0.6 is 23.4 Å². The van der Waals surface area contributed by atoms with Gasteiger partial charge in [0.25, 0.3) is 0 Å². The van der Waals surface area contributed by atoms with Gasteiger partial charge in [0.1, 0.15) is 6.07 Å². The van der Waals surface area contributed by atoms with Gasteiger partial charge in [0, 0.05) is 11.6 Å². The van der Waals surface area contributed by atoms with Crippen LogP contribution in [-0.2, 0) is 16.1 Å². The second-order valence-corrected chi connectivity index (χ2v) is 4.97. The lowest BCUT2D eigenvalue weighted by atomic mass is 10.2. The number of hydrogen-bond acceptors (Lipinski definition) is 5. The van der Waals surface area contributed by atoms with Gasteiger partial charge in [0.15, 0.2) is 5.57 Å². The minimum absolute atomic E-state index is 0.00619. The molecule has 1 aromatic carbocycles. The van der Waals surface area contributed by atoms with Crippen LogP contribution in [-0.4, -0.2) is 18.8 Å². The average molecular weight is 311 g/mol. The molecular weight excluding hydrogens is 296 g/mol. The van der Waals surface area contributed by atoms with Crippen LogP contribution in [0.2, 0.25) is 5.02 Å². The fourth-order valence-electron chi connectivity index (χ4n) is 1.44. The maximum Gasteiger partial charge on any atom is 0.351 e. The number of nitrogens with one attached hydrogen (secondary N) is 1. The summed E-state index contributed by atoms with van der Waals surface area (Å²) in [5.74, 6) is -0.608. The fraction of sp³-hybridized carbons (Fsp3) is 0.286. The number of halogens is 1. The van der Waals surface area contributed by atoms with Crippen molar-refractivity contribution >= 4 is 29.3 Å². The van der Waals surface area contributed by atoms with Crippen molar-refractivity contribution in [3.63, 3.8) is 0 Å². The molecule has 0 amide bonds. The minimum atomic E-state index is -0.608. The Bertz CT molecular complexity index is 535. The van der Waals surface area contributed by atoms with Crippen molar-refractivity contribution in [3.8, 4) is 6.07 Å². The first-order valence-corrected chi connectivity index (χ1v) is 7.56. The molecule has 0 aliphatic carbocycles. The number of nitriles is 1. The van der Waals surface area contributed by atoms with E-state index < -0.39 is 5.97 Å². The van der Waals surface area contributed by atoms with Crippen LogP contribution in [0.15, 0.2) is 34.9 Å². The molecule has 0 spiro atoms. The van der Waals surface area contributed by atoms with E-state index in [1.165, 1.54) is 11.8 Å². The zero-order valence-electron chi connectivity index (χ0n) is 11.3. The van der Waals surface area contributed by atoms with Gasteiger partial charge in [-0.1, -0.05) is 23.7 Å². The Hall–Kier alpha value is -1.64. The van der Waals surface area contributed by atoms with E-state index in [1.54, 1.807) is 25.3 Å². The lowest BCUT2D eigenvalue weighted by molar-refractivity contribution is -0.138. The minimum Gasteiger partial charge on any atom is -0.462 e. The highest BCUT2D eigenvalue weighted by molar-refractivity contribution is 8.02. The Morgan fingerprint density at radius 3 is 2.60 bits per heavy atom. The number of carbonyl (C=O) groups excluding carboxylic acids is 1. The van der Waals surface area contributed by atoms with Crippen LogP contribution in [0.25, 0.3) is 0 Å². The Morgan fingerprint density at radius 2 is 2.10 bits per heavy atom. The van der Waals surface area contributed by atoms with Gasteiger partial charge in [0.05, 0.1) is 11.6 Å². The van der Waals surface area contributed by atoms with Crippen LogP contribution in [0.3, 0.4) is 0 Å². The number of ether oxygens (including phenoxy) is 1. The van der Waals surface area contributed by atoms with E-state index in [0.717, 1.165) is 5.56 Å². The maximum absolute atomic E-state index is 11.7. The van der Waals surface area contributed by atoms with Gasteiger partial charge in [0.2, 0.25) is 0 Å². The molecule has 4 nitrogen and oxygen atoms in total. The molecule has 1 aromatic rings. The smallest absolute Gasteiger partial charge is 0.351 e. The van der Waals surface area contributed by atoms with Crippen molar-refractivity contribution in [2.24, 2.45) is 0 Å². The van der Waals surface area contributed by atoms with Gasteiger partial charge in [-0.25, -0.2) is 4.79 Å². The summed E-state index contributed by atoms with van der Waals surface area (Å²) in [6.07, 6.45) is 1.79. The molecule has 1 rings (SSSR count). The van der Waals surface area contributed by atoms with Crippen molar-refractivity contribution in [1.29, 1.82) is 5.26 Å². The van der Waals surface area contributed by atoms with Crippen LogP contribution < -0.4 is 5.32 Å². The summed E-state index contributed by atoms with van der Waals surface area (Å²) >= 11 is 7.11. The van der Waals surface area contributed by atoms with Gasteiger partial charge in [-0.3, -0.25) is 0 Å². The van der Waals surface area contributed by atoms with E-state index in [2.05, 4.69) is 5.32 Å². The van der Waals surface area contributed by atoms with Crippen LogP contribution in [0.4, 0.5) is 0 Å². The number of rotatable bonds is 6. The van der Waals surface area contributed by atoms with E-state index in [4.69, 9.17) is 21.6 Å². The van der Waals surface area contributed by atoms with Crippen LogP contribution in [0.5, 0.6) is 0 Å². The summed E-state index contributed by atoms with van der Waals surface area (Å²) in [5, 5.41) is 13.3. The number of carbonyl (C=O) groups is 1. The van der Waals surface area contributed by atoms with E-state index in [1.807, 2.05) is 18.2 Å². The maximum atomic E-state index is 11.7. The van der Waals surface area contributed by atoms with Crippen molar-refractivity contribution in [2.75, 3.05) is 12.9 Å². The summed E-state index contributed by atoms with van der Waals surface area (Å²) in [6, 6.07) is 9.22. The Morgan fingerprint density at radius 1 is 1.45 bits per heavy atom. The molecule has 0 atom stereocenters. The van der Waals surface area contributed by atoms with Gasteiger partial charge in [-0.15, -0.1) is 11.8 Å². The molecular formula is C14H15ClN2O2S. The zero-order chi connectivity index (χ0) is 15.0. The fourth-order valence-corrected chi connectivity index (χ4v) is 2.12. The summed E-state index contributed by atoms with van der Waals surface area (Å²) in [5.41, 5.74) is 0.996. The van der Waals surface area contributed by atoms with Gasteiger partial charge < -0.3 is 10.1 Å². The predicted molar refractivity (Wildman–Crippen MR) is 81.1 cm³/mol. The summed E-state index contributed by atoms with van der Waals surface area (Å²) in [4.78, 5) is 11.7. The molecule has 6 heteroatoms. The number of esters is 1. The monoisotopic (exact) mass is 310 g/mol. The second-order valence-electron chi connectivity index (χ2n) is 3.72. The summed E-state index contributed by atoms with van der Waals surface area (Å²) in [6.45, 7) is 2.44. The third-order valence-corrected chi connectivity index (χ3v) is 3.40. The number of hydrogen-bond donors (Lipinski definition) is 1. The van der Waals surface area contributed by atoms with E-state index in [-0.39, 0.29) is 12.2 Å². The molecule has 0 saturated carbocycles. The van der Waals surface area contributed by atoms with Crippen LogP contribution in [0, 0.1) is 11.3 Å². The van der Waals surface area contributed by atoms with Crippen LogP contribution in [0.1, 0.15) is 12.5 Å². The molecule has 0 aliphatic rings. The molecule has 0 bridgehead atoms. The SMILES string of the molecule is CCOC(=O)/C(C#N)=C(/NCc1ccc(Cl)cc1)SC. The first-order valence-electron chi connectivity index (χ1n) is 5.96. The second kappa shape index (κ2) is 8.51. The van der Waals surface area contributed by atoms with Gasteiger partial charge >= 0.3 is 5.97 Å². The third kappa shape index (κ3) is 4.80. The Balaban J connectivity index is 2.81. The topological polar surface area (TPSA) is 62.1 Å². The molecule has 0 saturated heterocycles. The molecule has 20 heavy (non-hydrogen) atoms. The summed E-state index contributed by atoms with van der Waals surface area (Å²) in [7, 11) is 0. The molecule has 0 aromatic heterocycles. The standard InChI is InChI=1S/C14H15ClN2O2S/c1-3-19-14(18)12(8-16)13(20-2)17-9-10-4-6-11(15)7-5-10/h4-7,17H,3,9H2,1-2H3/b13-12-. The number of benzene rings is 1. The molecule has 0 unspecified atom stereocenters. The molecule has 0 heterocycles. The normalized spacial score (nSPS) is 11.3. The number of nitrogens with zero attached hydrogens (tertiary/aromatic N) is 1. The first kappa shape index (κ1) is 16.4. The Kier molecular flexibility index (Phi) is 6.99. The van der Waals surface area contributed by atoms with E-state index in [0.29, 0.717) is 16.6 Å². The lowest BCUT2D eigenvalue weighted by Gasteiger charge is -2.10. The molecule has 0 fully saturated rings. The molecule has 0 aliphatic heterocycles. The van der Waals surface area contributed by atoms with Crippen molar-refractivity contribution in [2.45, 2.75) is 13.5 Å². The first-order chi connectivity index (χ1) is 9.62. The van der Waals surface area contributed by atoms with E-state index in [9.17, 15) is 4.79 Å². The quantitative estimate of drug-likeness (QED) is 0.497. The third-order valence-electron chi connectivity index (χ3n) is 2.39. The van der Waals surface area contributed by atoms with Gasteiger partial charge in [-0.05, 0) is 30.9 Å². The highest BCUT2D eigenvalue weighted by Gasteiger charge is 2.16. The van der Waals surface area contributed by atoms with Crippen molar-refractivity contribution < 1.29 is 9.53 Å². The highest BCUT2D eigenvalue weighted by atomic mass is 35.5. The number of thioether (sulfide) groups is 1. The molecule has 0 radical (unpaired) electrons. The predicted octanol–water partition coefficient (Wildman–Crippen LogP) is 3.09. The largest absolute Gasteiger partial charge is 0.462 e. The zero-order valence-corrected chi connectivity index (χ0v) is 12.8. The lowest BCUT2D eigenvalue weighted by Crippen LogP contribution is -2.17.